The lowest BCUT2D eigenvalue weighted by molar-refractivity contribution is -0.384. The van der Waals surface area contributed by atoms with Gasteiger partial charge in [-0.25, -0.2) is 4.90 Å². The number of carbonyl (C=O) groups is 3. The highest BCUT2D eigenvalue weighted by atomic mass is 35.5. The van der Waals surface area contributed by atoms with Crippen LogP contribution >= 0.6 is 11.6 Å². The van der Waals surface area contributed by atoms with Crippen LogP contribution in [0.25, 0.3) is 0 Å². The standard InChI is InChI=1S/C23H19ClN4O5/c1-11-15(24)9-8-14-19(11)25-22(31)23(14)18-17(16-3-2-10-26(16)23)20(29)27(21(18)30)12-4-6-13(7-5-12)28(32)33/h4-9,16-18H,2-3,10H2,1H3,(H,25,31)/t16-,17-,18-,23-/m0/s1. The Kier molecular flexibility index (Phi) is 4.07. The van der Waals surface area contributed by atoms with Gasteiger partial charge in [0.25, 0.3) is 5.69 Å². The number of non-ortho nitro benzene ring substituents is 1. The maximum Gasteiger partial charge on any atom is 0.269 e. The number of anilines is 2. The van der Waals surface area contributed by atoms with Crippen molar-refractivity contribution in [3.8, 4) is 0 Å². The molecule has 1 N–H and O–H groups in total. The zero-order valence-corrected chi connectivity index (χ0v) is 18.3. The fourth-order valence-corrected chi connectivity index (χ4v) is 6.53. The number of benzene rings is 2. The summed E-state index contributed by atoms with van der Waals surface area (Å²) in [5.41, 5.74) is 0.873. The minimum Gasteiger partial charge on any atom is -0.324 e. The number of hydrogen-bond donors (Lipinski definition) is 1. The quantitative estimate of drug-likeness (QED) is 0.413. The first kappa shape index (κ1) is 20.3. The molecule has 0 unspecified atom stereocenters. The first-order chi connectivity index (χ1) is 15.8. The lowest BCUT2D eigenvalue weighted by Gasteiger charge is -2.36. The van der Waals surface area contributed by atoms with Crippen molar-refractivity contribution in [3.63, 3.8) is 0 Å². The van der Waals surface area contributed by atoms with Crippen LogP contribution in [0.1, 0.15) is 24.0 Å². The van der Waals surface area contributed by atoms with E-state index in [-0.39, 0.29) is 29.2 Å². The second-order valence-corrected chi connectivity index (χ2v) is 9.41. The van der Waals surface area contributed by atoms with E-state index in [0.717, 1.165) is 16.9 Å². The Morgan fingerprint density at radius 1 is 1.12 bits per heavy atom. The summed E-state index contributed by atoms with van der Waals surface area (Å²) in [6, 6.07) is 8.62. The molecule has 3 fully saturated rings. The van der Waals surface area contributed by atoms with Crippen LogP contribution in [0.3, 0.4) is 0 Å². The third-order valence-corrected chi connectivity index (χ3v) is 8.09. The van der Waals surface area contributed by atoms with Crippen molar-refractivity contribution in [2.75, 3.05) is 16.8 Å². The molecule has 33 heavy (non-hydrogen) atoms. The zero-order chi connectivity index (χ0) is 23.2. The molecule has 0 radical (unpaired) electrons. The average Bonchev–Trinajstić information content (AvgIpc) is 3.50. The lowest BCUT2D eigenvalue weighted by atomic mass is 9.75. The second-order valence-electron chi connectivity index (χ2n) is 9.01. The maximum atomic E-state index is 13.9. The van der Waals surface area contributed by atoms with Gasteiger partial charge in [-0.05, 0) is 50.1 Å². The number of nitro groups is 1. The summed E-state index contributed by atoms with van der Waals surface area (Å²) in [6.07, 6.45) is 1.54. The Labute approximate surface area is 193 Å². The predicted molar refractivity (Wildman–Crippen MR) is 119 cm³/mol. The van der Waals surface area contributed by atoms with Gasteiger partial charge >= 0.3 is 0 Å². The zero-order valence-electron chi connectivity index (χ0n) is 17.6. The summed E-state index contributed by atoms with van der Waals surface area (Å²) in [5.74, 6) is -2.67. The lowest BCUT2D eigenvalue weighted by Crippen LogP contribution is -2.54. The Bertz CT molecular complexity index is 1280. The SMILES string of the molecule is Cc1c(Cl)ccc2c1NC(=O)[C@@]21[C@@H]2C(=O)N(c3ccc([N+](=O)[O-])cc3)C(=O)[C@H]2[C@@H]2CCCN21. The molecule has 3 amide bonds. The summed E-state index contributed by atoms with van der Waals surface area (Å²) < 4.78 is 0. The highest BCUT2D eigenvalue weighted by Gasteiger charge is 2.74. The van der Waals surface area contributed by atoms with Crippen molar-refractivity contribution in [1.29, 1.82) is 0 Å². The number of hydrogen-bond acceptors (Lipinski definition) is 6. The molecule has 9 nitrogen and oxygen atoms in total. The molecule has 2 aromatic carbocycles. The molecule has 0 bridgehead atoms. The van der Waals surface area contributed by atoms with E-state index < -0.39 is 28.2 Å². The van der Waals surface area contributed by atoms with E-state index in [2.05, 4.69) is 5.32 Å². The molecular formula is C23H19ClN4O5. The van der Waals surface area contributed by atoms with E-state index in [1.807, 2.05) is 11.8 Å². The molecule has 0 aliphatic carbocycles. The van der Waals surface area contributed by atoms with Gasteiger partial charge in [-0.2, -0.15) is 0 Å². The van der Waals surface area contributed by atoms with Crippen molar-refractivity contribution in [2.45, 2.75) is 31.3 Å². The molecule has 4 aliphatic heterocycles. The van der Waals surface area contributed by atoms with E-state index in [4.69, 9.17) is 11.6 Å². The van der Waals surface area contributed by atoms with Crippen molar-refractivity contribution in [3.05, 3.63) is 62.7 Å². The number of nitrogens with one attached hydrogen (secondary N) is 1. The third kappa shape index (κ3) is 2.33. The van der Waals surface area contributed by atoms with Gasteiger partial charge in [0.05, 0.1) is 28.1 Å². The number of imide groups is 1. The van der Waals surface area contributed by atoms with Gasteiger partial charge in [-0.15, -0.1) is 0 Å². The van der Waals surface area contributed by atoms with E-state index in [1.54, 1.807) is 12.1 Å². The van der Waals surface area contributed by atoms with E-state index >= 15 is 0 Å². The fraction of sp³-hybridized carbons (Fsp3) is 0.348. The Hall–Kier alpha value is -3.30. The summed E-state index contributed by atoms with van der Waals surface area (Å²) in [6.45, 7) is 2.43. The van der Waals surface area contributed by atoms with Gasteiger partial charge in [-0.3, -0.25) is 29.4 Å². The fourth-order valence-electron chi connectivity index (χ4n) is 6.37. The minimum atomic E-state index is -1.28. The first-order valence-electron chi connectivity index (χ1n) is 10.8. The van der Waals surface area contributed by atoms with Gasteiger partial charge in [-0.1, -0.05) is 17.7 Å². The number of rotatable bonds is 2. The Balaban J connectivity index is 1.52. The van der Waals surface area contributed by atoms with Crippen LogP contribution in [0.4, 0.5) is 17.1 Å². The molecule has 4 heterocycles. The number of halogens is 1. The van der Waals surface area contributed by atoms with Crippen molar-refractivity contribution >= 4 is 46.4 Å². The number of nitro benzene ring substituents is 1. The van der Waals surface area contributed by atoms with Crippen LogP contribution < -0.4 is 10.2 Å². The molecule has 168 valence electrons. The molecule has 4 aliphatic rings. The van der Waals surface area contributed by atoms with Gasteiger partial charge in [0.15, 0.2) is 0 Å². The Morgan fingerprint density at radius 2 is 1.85 bits per heavy atom. The smallest absolute Gasteiger partial charge is 0.269 e. The predicted octanol–water partition coefficient (Wildman–Crippen LogP) is 2.99. The first-order valence-corrected chi connectivity index (χ1v) is 11.2. The van der Waals surface area contributed by atoms with Gasteiger partial charge in [0.2, 0.25) is 17.7 Å². The van der Waals surface area contributed by atoms with Gasteiger partial charge < -0.3 is 5.32 Å². The van der Waals surface area contributed by atoms with Crippen molar-refractivity contribution in [1.82, 2.24) is 4.90 Å². The molecule has 6 rings (SSSR count). The van der Waals surface area contributed by atoms with E-state index in [0.29, 0.717) is 29.2 Å². The van der Waals surface area contributed by atoms with Crippen LogP contribution in [0.15, 0.2) is 36.4 Å². The molecule has 4 atom stereocenters. The number of amides is 3. The van der Waals surface area contributed by atoms with Crippen LogP contribution in [0.5, 0.6) is 0 Å². The van der Waals surface area contributed by atoms with E-state index in [9.17, 15) is 24.5 Å². The third-order valence-electron chi connectivity index (χ3n) is 7.68. The van der Waals surface area contributed by atoms with E-state index in [1.165, 1.54) is 24.3 Å². The number of fused-ring (bicyclic) bond motifs is 7. The topological polar surface area (TPSA) is 113 Å². The van der Waals surface area contributed by atoms with Crippen LogP contribution in [0.2, 0.25) is 5.02 Å². The van der Waals surface area contributed by atoms with Crippen LogP contribution in [0, 0.1) is 28.9 Å². The maximum absolute atomic E-state index is 13.9. The minimum absolute atomic E-state index is 0.132. The van der Waals surface area contributed by atoms with Crippen molar-refractivity contribution in [2.24, 2.45) is 11.8 Å². The second kappa shape index (κ2) is 6.61. The monoisotopic (exact) mass is 466 g/mol. The Morgan fingerprint density at radius 3 is 2.55 bits per heavy atom. The summed E-state index contributed by atoms with van der Waals surface area (Å²) in [5, 5.41) is 14.5. The van der Waals surface area contributed by atoms with Gasteiger partial charge in [0.1, 0.15) is 5.54 Å². The summed E-state index contributed by atoms with van der Waals surface area (Å²) in [4.78, 5) is 54.8. The summed E-state index contributed by atoms with van der Waals surface area (Å²) in [7, 11) is 0. The van der Waals surface area contributed by atoms with Crippen molar-refractivity contribution < 1.29 is 19.3 Å². The molecule has 10 heteroatoms. The van der Waals surface area contributed by atoms with Gasteiger partial charge in [0, 0.05) is 28.8 Å². The summed E-state index contributed by atoms with van der Waals surface area (Å²) >= 11 is 6.31. The molecule has 0 saturated carbocycles. The molecule has 2 aromatic rings. The molecular weight excluding hydrogens is 448 g/mol. The highest BCUT2D eigenvalue weighted by Crippen LogP contribution is 2.61. The number of carbonyl (C=O) groups excluding carboxylic acids is 3. The van der Waals surface area contributed by atoms with Crippen LogP contribution in [-0.4, -0.2) is 40.1 Å². The molecule has 1 spiro atoms. The average molecular weight is 467 g/mol. The normalized spacial score (nSPS) is 30.1. The van der Waals surface area contributed by atoms with Crippen LogP contribution in [-0.2, 0) is 19.9 Å². The highest BCUT2D eigenvalue weighted by molar-refractivity contribution is 6.32. The number of nitrogens with zero attached hydrogens (tertiary/aromatic N) is 3. The largest absolute Gasteiger partial charge is 0.324 e. The molecule has 3 saturated heterocycles. The molecule has 0 aromatic heterocycles.